The van der Waals surface area contributed by atoms with Crippen molar-refractivity contribution in [2.75, 3.05) is 7.05 Å². The number of hydrogen-bond donors (Lipinski definition) is 2. The van der Waals surface area contributed by atoms with Crippen LogP contribution in [0.15, 0.2) is 0 Å². The third-order valence-corrected chi connectivity index (χ3v) is 3.46. The Morgan fingerprint density at radius 1 is 1.56 bits per heavy atom. The van der Waals surface area contributed by atoms with E-state index in [2.05, 4.69) is 15.2 Å². The minimum absolute atomic E-state index is 0.0683. The molecular formula is C12H21N5O. The molecule has 0 radical (unpaired) electrons. The van der Waals surface area contributed by atoms with Gasteiger partial charge in [-0.1, -0.05) is 6.42 Å². The fourth-order valence-electron chi connectivity index (χ4n) is 2.51. The van der Waals surface area contributed by atoms with E-state index in [4.69, 9.17) is 5.73 Å². The molecule has 18 heavy (non-hydrogen) atoms. The summed E-state index contributed by atoms with van der Waals surface area (Å²) in [6, 6.07) is 0.173. The van der Waals surface area contributed by atoms with E-state index in [-0.39, 0.29) is 17.9 Å². The van der Waals surface area contributed by atoms with Crippen molar-refractivity contribution >= 4 is 5.91 Å². The first-order chi connectivity index (χ1) is 8.56. The molecule has 0 aromatic carbocycles. The number of aromatic nitrogens is 3. The molecule has 2 rings (SSSR count). The maximum Gasteiger partial charge on any atom is 0.225 e. The monoisotopic (exact) mass is 251 g/mol. The van der Waals surface area contributed by atoms with Crippen LogP contribution in [0.25, 0.3) is 0 Å². The first kappa shape index (κ1) is 13.0. The van der Waals surface area contributed by atoms with Crippen LogP contribution in [0, 0.1) is 12.8 Å². The average Bonchev–Trinajstić information content (AvgIpc) is 2.73. The minimum atomic E-state index is 0.0683. The predicted molar refractivity (Wildman–Crippen MR) is 67.5 cm³/mol. The lowest BCUT2D eigenvalue weighted by Gasteiger charge is -2.28. The summed E-state index contributed by atoms with van der Waals surface area (Å²) >= 11 is 0. The van der Waals surface area contributed by atoms with E-state index < -0.39 is 0 Å². The van der Waals surface area contributed by atoms with Gasteiger partial charge in [-0.3, -0.25) is 9.89 Å². The van der Waals surface area contributed by atoms with Crippen molar-refractivity contribution in [1.82, 2.24) is 20.1 Å². The number of H-pyrrole nitrogens is 1. The molecule has 1 aromatic rings. The number of nitrogens with zero attached hydrogens (tertiary/aromatic N) is 3. The van der Waals surface area contributed by atoms with Crippen molar-refractivity contribution in [1.29, 1.82) is 0 Å². The SMILES string of the molecule is Cc1nc(CN(C)C(=O)C2CCCC(N)C2)n[nH]1. The molecule has 3 N–H and O–H groups in total. The molecule has 1 fully saturated rings. The molecule has 0 aliphatic heterocycles. The molecule has 2 atom stereocenters. The Labute approximate surface area is 107 Å². The highest BCUT2D eigenvalue weighted by molar-refractivity contribution is 5.78. The first-order valence-electron chi connectivity index (χ1n) is 6.44. The Hall–Kier alpha value is -1.43. The lowest BCUT2D eigenvalue weighted by Crippen LogP contribution is -2.38. The van der Waals surface area contributed by atoms with Gasteiger partial charge in [-0.05, 0) is 26.2 Å². The van der Waals surface area contributed by atoms with Gasteiger partial charge in [0.25, 0.3) is 0 Å². The quantitative estimate of drug-likeness (QED) is 0.823. The molecule has 1 amide bonds. The standard InChI is InChI=1S/C12H21N5O/c1-8-14-11(16-15-8)7-17(2)12(18)9-4-3-5-10(13)6-9/h9-10H,3-7,13H2,1-2H3,(H,14,15,16). The Morgan fingerprint density at radius 3 is 2.94 bits per heavy atom. The van der Waals surface area contributed by atoms with Crippen LogP contribution in [0.5, 0.6) is 0 Å². The summed E-state index contributed by atoms with van der Waals surface area (Å²) in [6.45, 7) is 2.30. The smallest absolute Gasteiger partial charge is 0.225 e. The third kappa shape index (κ3) is 3.07. The lowest BCUT2D eigenvalue weighted by molar-refractivity contribution is -0.136. The molecule has 0 saturated heterocycles. The zero-order valence-corrected chi connectivity index (χ0v) is 11.0. The Morgan fingerprint density at radius 2 is 2.33 bits per heavy atom. The average molecular weight is 251 g/mol. The Kier molecular flexibility index (Phi) is 3.96. The number of nitrogens with two attached hydrogens (primary N) is 1. The molecule has 100 valence electrons. The maximum absolute atomic E-state index is 12.3. The van der Waals surface area contributed by atoms with Crippen LogP contribution in [-0.2, 0) is 11.3 Å². The van der Waals surface area contributed by atoms with E-state index in [1.807, 2.05) is 6.92 Å². The molecule has 1 heterocycles. The predicted octanol–water partition coefficient (Wildman–Crippen LogP) is 0.589. The second-order valence-corrected chi connectivity index (χ2v) is 5.15. The van der Waals surface area contributed by atoms with Crippen molar-refractivity contribution in [2.24, 2.45) is 11.7 Å². The van der Waals surface area contributed by atoms with Gasteiger partial charge in [0, 0.05) is 19.0 Å². The van der Waals surface area contributed by atoms with Crippen LogP contribution in [0.3, 0.4) is 0 Å². The third-order valence-electron chi connectivity index (χ3n) is 3.46. The summed E-state index contributed by atoms with van der Waals surface area (Å²) in [5.74, 6) is 1.65. The molecule has 0 spiro atoms. The van der Waals surface area contributed by atoms with Gasteiger partial charge < -0.3 is 10.6 Å². The lowest BCUT2D eigenvalue weighted by atomic mass is 9.85. The van der Waals surface area contributed by atoms with Crippen molar-refractivity contribution < 1.29 is 4.79 Å². The Bertz CT molecular complexity index is 416. The molecule has 1 saturated carbocycles. The van der Waals surface area contributed by atoms with Crippen LogP contribution in [0.4, 0.5) is 0 Å². The minimum Gasteiger partial charge on any atom is -0.338 e. The maximum atomic E-state index is 12.3. The normalized spacial score (nSPS) is 23.9. The second kappa shape index (κ2) is 5.48. The number of rotatable bonds is 3. The number of amides is 1. The summed E-state index contributed by atoms with van der Waals surface area (Å²) < 4.78 is 0. The highest BCUT2D eigenvalue weighted by atomic mass is 16.2. The number of aromatic amines is 1. The van der Waals surface area contributed by atoms with E-state index in [1.54, 1.807) is 11.9 Å². The molecule has 6 heteroatoms. The topological polar surface area (TPSA) is 87.9 Å². The number of carbonyl (C=O) groups excluding carboxylic acids is 1. The van der Waals surface area contributed by atoms with Crippen molar-refractivity contribution in [3.8, 4) is 0 Å². The fourth-order valence-corrected chi connectivity index (χ4v) is 2.51. The van der Waals surface area contributed by atoms with Gasteiger partial charge in [0.05, 0.1) is 6.54 Å². The van der Waals surface area contributed by atoms with Crippen LogP contribution >= 0.6 is 0 Å². The highest BCUT2D eigenvalue weighted by Gasteiger charge is 2.27. The number of aryl methyl sites for hydroxylation is 1. The van der Waals surface area contributed by atoms with Crippen molar-refractivity contribution in [3.63, 3.8) is 0 Å². The summed E-state index contributed by atoms with van der Waals surface area (Å²) in [4.78, 5) is 18.2. The second-order valence-electron chi connectivity index (χ2n) is 5.15. The summed E-state index contributed by atoms with van der Waals surface area (Å²) in [7, 11) is 1.80. The number of nitrogens with one attached hydrogen (secondary N) is 1. The van der Waals surface area contributed by atoms with E-state index in [1.165, 1.54) is 0 Å². The van der Waals surface area contributed by atoms with Gasteiger partial charge in [-0.25, -0.2) is 4.98 Å². The zero-order valence-electron chi connectivity index (χ0n) is 11.0. The molecule has 1 aliphatic carbocycles. The molecule has 6 nitrogen and oxygen atoms in total. The van der Waals surface area contributed by atoms with E-state index >= 15 is 0 Å². The van der Waals surface area contributed by atoms with E-state index in [0.717, 1.165) is 31.5 Å². The zero-order chi connectivity index (χ0) is 13.1. The molecule has 0 bridgehead atoms. The largest absolute Gasteiger partial charge is 0.338 e. The fraction of sp³-hybridized carbons (Fsp3) is 0.750. The van der Waals surface area contributed by atoms with Gasteiger partial charge in [-0.2, -0.15) is 5.10 Å². The summed E-state index contributed by atoms with van der Waals surface area (Å²) in [6.07, 6.45) is 3.83. The Balaban J connectivity index is 1.91. The summed E-state index contributed by atoms with van der Waals surface area (Å²) in [5, 5.41) is 6.82. The van der Waals surface area contributed by atoms with Crippen molar-refractivity contribution in [3.05, 3.63) is 11.6 Å². The van der Waals surface area contributed by atoms with Crippen LogP contribution < -0.4 is 5.73 Å². The van der Waals surface area contributed by atoms with Gasteiger partial charge >= 0.3 is 0 Å². The number of hydrogen-bond acceptors (Lipinski definition) is 4. The molecular weight excluding hydrogens is 230 g/mol. The van der Waals surface area contributed by atoms with Gasteiger partial charge in [0.2, 0.25) is 5.91 Å². The summed E-state index contributed by atoms with van der Waals surface area (Å²) in [5.41, 5.74) is 5.92. The number of carbonyl (C=O) groups is 1. The van der Waals surface area contributed by atoms with E-state index in [9.17, 15) is 4.79 Å². The van der Waals surface area contributed by atoms with Crippen LogP contribution in [0.1, 0.15) is 37.3 Å². The van der Waals surface area contributed by atoms with Crippen LogP contribution in [-0.4, -0.2) is 39.1 Å². The van der Waals surface area contributed by atoms with Crippen LogP contribution in [0.2, 0.25) is 0 Å². The molecule has 1 aliphatic rings. The molecule has 2 unspecified atom stereocenters. The van der Waals surface area contributed by atoms with Gasteiger partial charge in [-0.15, -0.1) is 0 Å². The van der Waals surface area contributed by atoms with Crippen molar-refractivity contribution in [2.45, 2.75) is 45.2 Å². The van der Waals surface area contributed by atoms with E-state index in [0.29, 0.717) is 12.4 Å². The first-order valence-corrected chi connectivity index (χ1v) is 6.44. The molecule has 1 aromatic heterocycles. The van der Waals surface area contributed by atoms with Gasteiger partial charge in [0.15, 0.2) is 5.82 Å². The highest BCUT2D eigenvalue weighted by Crippen LogP contribution is 2.24. The van der Waals surface area contributed by atoms with Gasteiger partial charge in [0.1, 0.15) is 5.82 Å².